The number of carbonyl (C=O) groups is 1. The van der Waals surface area contributed by atoms with E-state index in [1.807, 2.05) is 18.2 Å². The van der Waals surface area contributed by atoms with Crippen LogP contribution in [-0.4, -0.2) is 22.4 Å². The number of aliphatic hydroxyl groups excluding tert-OH is 1. The fourth-order valence-corrected chi connectivity index (χ4v) is 2.19. The molecular formula is C20H32O4. The molecule has 0 radical (unpaired) electrons. The van der Waals surface area contributed by atoms with Crippen LogP contribution in [0.25, 0.3) is 0 Å². The Hall–Kier alpha value is -1.65. The molecule has 0 aromatic rings. The maximum atomic E-state index is 10.6. The first kappa shape index (κ1) is 22.4. The van der Waals surface area contributed by atoms with Crippen molar-refractivity contribution >= 4 is 5.97 Å². The van der Waals surface area contributed by atoms with Gasteiger partial charge in [0.15, 0.2) is 0 Å². The number of hydrogen-bond donors (Lipinski definition) is 2. The predicted octanol–water partition coefficient (Wildman–Crippen LogP) is 5.12. The minimum absolute atomic E-state index is 0.116. The summed E-state index contributed by atoms with van der Waals surface area (Å²) in [5.41, 5.74) is 0. The molecule has 136 valence electrons. The van der Waals surface area contributed by atoms with Crippen molar-refractivity contribution in [2.45, 2.75) is 70.8 Å². The summed E-state index contributed by atoms with van der Waals surface area (Å²) in [5.74, 6) is -0.794. The van der Waals surface area contributed by atoms with Gasteiger partial charge in [-0.1, -0.05) is 81.6 Å². The molecule has 0 aromatic heterocycles. The van der Waals surface area contributed by atoms with Crippen molar-refractivity contribution in [1.82, 2.24) is 0 Å². The second kappa shape index (κ2) is 17.7. The fraction of sp³-hybridized carbons (Fsp3) is 0.550. The van der Waals surface area contributed by atoms with Crippen molar-refractivity contribution in [3.63, 3.8) is 0 Å². The lowest BCUT2D eigenvalue weighted by atomic mass is 10.0. The van der Waals surface area contributed by atoms with Crippen LogP contribution in [0.2, 0.25) is 0 Å². The Morgan fingerprint density at radius 2 is 1.54 bits per heavy atom. The lowest BCUT2D eigenvalue weighted by molar-refractivity contribution is -0.228. The number of hydrogen-bond acceptors (Lipinski definition) is 4. The van der Waals surface area contributed by atoms with Crippen molar-refractivity contribution in [2.75, 3.05) is 0 Å². The highest BCUT2D eigenvalue weighted by molar-refractivity contribution is 5.81. The van der Waals surface area contributed by atoms with E-state index in [1.54, 1.807) is 12.2 Å². The van der Waals surface area contributed by atoms with Crippen LogP contribution in [-0.2, 0) is 9.68 Å². The Labute approximate surface area is 146 Å². The molecule has 0 saturated carbocycles. The number of carbonyl (C=O) groups excluding carboxylic acids is 1. The van der Waals surface area contributed by atoms with Gasteiger partial charge in [-0.3, -0.25) is 4.89 Å². The first-order valence-corrected chi connectivity index (χ1v) is 8.90. The molecule has 0 amide bonds. The van der Waals surface area contributed by atoms with Gasteiger partial charge in [-0.2, -0.15) is 5.26 Å². The van der Waals surface area contributed by atoms with Gasteiger partial charge in [-0.15, -0.1) is 0 Å². The summed E-state index contributed by atoms with van der Waals surface area (Å²) in [4.78, 5) is 14.0. The molecule has 24 heavy (non-hydrogen) atoms. The van der Waals surface area contributed by atoms with E-state index in [0.29, 0.717) is 0 Å². The molecule has 4 heteroatoms. The molecule has 1 unspecified atom stereocenters. The van der Waals surface area contributed by atoms with Crippen molar-refractivity contribution < 1.29 is 20.0 Å². The quantitative estimate of drug-likeness (QED) is 0.152. The topological polar surface area (TPSA) is 66.8 Å². The number of rotatable bonds is 14. The standard InChI is InChI=1S/C20H32O4/c1-2-3-13-16-19(21)17-14-11-9-7-5-4-6-8-10-12-15-18-20(22)24-23/h4-6,8,10,12,15,18-19,21,23H,2-3,7,9,11,13-14,16-17H2,1H3. The van der Waals surface area contributed by atoms with Crippen molar-refractivity contribution in [2.24, 2.45) is 0 Å². The molecular weight excluding hydrogens is 304 g/mol. The van der Waals surface area contributed by atoms with E-state index in [2.05, 4.69) is 17.9 Å². The summed E-state index contributed by atoms with van der Waals surface area (Å²) in [5, 5.41) is 17.8. The minimum Gasteiger partial charge on any atom is -0.393 e. The molecule has 1 atom stereocenters. The van der Waals surface area contributed by atoms with E-state index in [4.69, 9.17) is 5.26 Å². The SMILES string of the molecule is CCCCCC(O)CCCCCC=CC=CC=CC=CC(=O)OO. The molecule has 4 nitrogen and oxygen atoms in total. The van der Waals surface area contributed by atoms with Crippen LogP contribution in [0, 0.1) is 0 Å². The van der Waals surface area contributed by atoms with Crippen molar-refractivity contribution in [1.29, 1.82) is 0 Å². The maximum Gasteiger partial charge on any atom is 0.365 e. The van der Waals surface area contributed by atoms with Gasteiger partial charge in [-0.25, -0.2) is 4.79 Å². The molecule has 0 aromatic carbocycles. The average Bonchev–Trinajstić information content (AvgIpc) is 2.58. The highest BCUT2D eigenvalue weighted by atomic mass is 17.1. The van der Waals surface area contributed by atoms with E-state index in [0.717, 1.165) is 51.0 Å². The Kier molecular flexibility index (Phi) is 16.5. The number of allylic oxidation sites excluding steroid dienone is 7. The summed E-state index contributed by atoms with van der Waals surface area (Å²) >= 11 is 0. The van der Waals surface area contributed by atoms with Crippen LogP contribution in [0.1, 0.15) is 64.7 Å². The molecule has 0 heterocycles. The zero-order valence-electron chi connectivity index (χ0n) is 14.8. The van der Waals surface area contributed by atoms with Gasteiger partial charge in [0.1, 0.15) is 0 Å². The second-order valence-corrected chi connectivity index (χ2v) is 5.76. The smallest absolute Gasteiger partial charge is 0.365 e. The summed E-state index contributed by atoms with van der Waals surface area (Å²) in [6.07, 6.45) is 23.7. The summed E-state index contributed by atoms with van der Waals surface area (Å²) < 4.78 is 0. The van der Waals surface area contributed by atoms with Gasteiger partial charge >= 0.3 is 5.97 Å². The van der Waals surface area contributed by atoms with Crippen LogP contribution in [0.5, 0.6) is 0 Å². The molecule has 0 aliphatic carbocycles. The summed E-state index contributed by atoms with van der Waals surface area (Å²) in [6.45, 7) is 2.18. The third-order valence-corrected chi connectivity index (χ3v) is 3.56. The summed E-state index contributed by atoms with van der Waals surface area (Å²) in [6, 6.07) is 0. The molecule has 2 N–H and O–H groups in total. The normalized spacial score (nSPS) is 13.6. The minimum atomic E-state index is -0.794. The average molecular weight is 336 g/mol. The van der Waals surface area contributed by atoms with Gasteiger partial charge in [0.25, 0.3) is 0 Å². The number of aliphatic hydroxyl groups is 1. The molecule has 0 aliphatic heterocycles. The first-order chi connectivity index (χ1) is 11.7. The Morgan fingerprint density at radius 1 is 0.917 bits per heavy atom. The Balaban J connectivity index is 3.52. The third kappa shape index (κ3) is 16.7. The van der Waals surface area contributed by atoms with Crippen molar-refractivity contribution in [3.8, 4) is 0 Å². The monoisotopic (exact) mass is 336 g/mol. The lowest BCUT2D eigenvalue weighted by Crippen LogP contribution is -2.05. The third-order valence-electron chi connectivity index (χ3n) is 3.56. The van der Waals surface area contributed by atoms with Gasteiger partial charge < -0.3 is 5.11 Å². The van der Waals surface area contributed by atoms with E-state index < -0.39 is 5.97 Å². The van der Waals surface area contributed by atoms with E-state index in [-0.39, 0.29) is 6.10 Å². The first-order valence-electron chi connectivity index (χ1n) is 8.90. The van der Waals surface area contributed by atoms with E-state index in [1.165, 1.54) is 18.9 Å². The van der Waals surface area contributed by atoms with Gasteiger partial charge in [0.2, 0.25) is 0 Å². The van der Waals surface area contributed by atoms with Gasteiger partial charge in [0, 0.05) is 6.08 Å². The van der Waals surface area contributed by atoms with E-state index in [9.17, 15) is 9.90 Å². The molecule has 0 saturated heterocycles. The highest BCUT2D eigenvalue weighted by Crippen LogP contribution is 2.11. The van der Waals surface area contributed by atoms with Crippen molar-refractivity contribution in [3.05, 3.63) is 48.6 Å². The van der Waals surface area contributed by atoms with Crippen LogP contribution in [0.3, 0.4) is 0 Å². The van der Waals surface area contributed by atoms with E-state index >= 15 is 0 Å². The summed E-state index contributed by atoms with van der Waals surface area (Å²) in [7, 11) is 0. The van der Waals surface area contributed by atoms with Crippen LogP contribution < -0.4 is 0 Å². The van der Waals surface area contributed by atoms with Crippen LogP contribution in [0.15, 0.2) is 48.6 Å². The number of unbranched alkanes of at least 4 members (excludes halogenated alkanes) is 5. The highest BCUT2D eigenvalue weighted by Gasteiger charge is 2.02. The predicted molar refractivity (Wildman–Crippen MR) is 98.5 cm³/mol. The molecule has 0 fully saturated rings. The van der Waals surface area contributed by atoms with Crippen LogP contribution >= 0.6 is 0 Å². The van der Waals surface area contributed by atoms with Crippen LogP contribution in [0.4, 0.5) is 0 Å². The largest absolute Gasteiger partial charge is 0.393 e. The molecule has 0 aliphatic rings. The molecule has 0 bridgehead atoms. The van der Waals surface area contributed by atoms with Gasteiger partial charge in [0.05, 0.1) is 6.10 Å². The zero-order valence-corrected chi connectivity index (χ0v) is 14.8. The lowest BCUT2D eigenvalue weighted by Gasteiger charge is -2.09. The Morgan fingerprint density at radius 3 is 2.21 bits per heavy atom. The maximum absolute atomic E-state index is 10.6. The fourth-order valence-electron chi connectivity index (χ4n) is 2.19. The molecule has 0 rings (SSSR count). The van der Waals surface area contributed by atoms with Gasteiger partial charge in [-0.05, 0) is 25.7 Å². The zero-order chi connectivity index (χ0) is 17.9. The molecule has 0 spiro atoms. The Bertz CT molecular complexity index is 408. The second-order valence-electron chi connectivity index (χ2n) is 5.76.